The Balaban J connectivity index is 1.53. The Bertz CT molecular complexity index is 718. The van der Waals surface area contributed by atoms with Crippen molar-refractivity contribution in [3.05, 3.63) is 41.7 Å². The Morgan fingerprint density at radius 3 is 2.76 bits per heavy atom. The van der Waals surface area contributed by atoms with Crippen molar-refractivity contribution in [3.63, 3.8) is 0 Å². The predicted molar refractivity (Wildman–Crippen MR) is 95.1 cm³/mol. The third kappa shape index (κ3) is 4.81. The van der Waals surface area contributed by atoms with Crippen LogP contribution >= 0.6 is 0 Å². The lowest BCUT2D eigenvalue weighted by Crippen LogP contribution is -2.44. The van der Waals surface area contributed by atoms with Gasteiger partial charge in [0.2, 0.25) is 5.91 Å². The number of likely N-dealkylation sites (tertiary alicyclic amines) is 1. The first kappa shape index (κ1) is 17.5. The molecule has 6 heteroatoms. The van der Waals surface area contributed by atoms with Gasteiger partial charge in [-0.1, -0.05) is 31.2 Å². The summed E-state index contributed by atoms with van der Waals surface area (Å²) in [7, 11) is 0. The van der Waals surface area contributed by atoms with Gasteiger partial charge in [0, 0.05) is 13.1 Å². The number of amides is 1. The summed E-state index contributed by atoms with van der Waals surface area (Å²) < 4.78 is 7.32. The third-order valence-electron chi connectivity index (χ3n) is 4.48. The highest BCUT2D eigenvalue weighted by Gasteiger charge is 2.25. The molecule has 0 N–H and O–H groups in total. The Kier molecular flexibility index (Phi) is 5.36. The molecule has 6 nitrogen and oxygen atoms in total. The maximum atomic E-state index is 12.5. The molecule has 1 aromatic heterocycles. The van der Waals surface area contributed by atoms with E-state index < -0.39 is 0 Å². The molecule has 0 spiro atoms. The number of carbonyl (C=O) groups is 1. The minimum atomic E-state index is 0.106. The van der Waals surface area contributed by atoms with E-state index in [9.17, 15) is 4.79 Å². The summed E-state index contributed by atoms with van der Waals surface area (Å²) in [6.07, 6.45) is 2.97. The van der Waals surface area contributed by atoms with Gasteiger partial charge in [0.15, 0.2) is 0 Å². The monoisotopic (exact) mass is 342 g/mol. The zero-order chi connectivity index (χ0) is 17.8. The Hall–Kier alpha value is -2.37. The van der Waals surface area contributed by atoms with E-state index in [2.05, 4.69) is 24.2 Å². The fraction of sp³-hybridized carbons (Fsp3) is 0.526. The molecule has 2 unspecified atom stereocenters. The van der Waals surface area contributed by atoms with Crippen LogP contribution < -0.4 is 4.74 Å². The average molecular weight is 342 g/mol. The number of hydrogen-bond acceptors (Lipinski definition) is 4. The van der Waals surface area contributed by atoms with Crippen LogP contribution in [0.4, 0.5) is 0 Å². The van der Waals surface area contributed by atoms with Crippen LogP contribution in [0.15, 0.2) is 30.5 Å². The first-order valence-electron chi connectivity index (χ1n) is 8.86. The van der Waals surface area contributed by atoms with Gasteiger partial charge in [-0.3, -0.25) is 4.79 Å². The van der Waals surface area contributed by atoms with E-state index in [0.717, 1.165) is 30.1 Å². The number of aryl methyl sites for hydroxylation is 1. The molecule has 2 aromatic rings. The molecule has 25 heavy (non-hydrogen) atoms. The summed E-state index contributed by atoms with van der Waals surface area (Å²) in [6, 6.07) is 7.88. The Morgan fingerprint density at radius 1 is 1.28 bits per heavy atom. The van der Waals surface area contributed by atoms with Gasteiger partial charge in [-0.05, 0) is 42.9 Å². The predicted octanol–water partition coefficient (Wildman–Crippen LogP) is 2.67. The van der Waals surface area contributed by atoms with Crippen LogP contribution in [-0.4, -0.2) is 38.9 Å². The van der Waals surface area contributed by atoms with Crippen LogP contribution in [0, 0.1) is 18.8 Å². The highest BCUT2D eigenvalue weighted by atomic mass is 16.5. The molecule has 1 aliphatic heterocycles. The first-order chi connectivity index (χ1) is 12.0. The van der Waals surface area contributed by atoms with Gasteiger partial charge in [0.05, 0.1) is 6.20 Å². The van der Waals surface area contributed by atoms with E-state index in [1.54, 1.807) is 10.9 Å². The van der Waals surface area contributed by atoms with Crippen LogP contribution in [0.2, 0.25) is 0 Å². The number of benzene rings is 1. The number of nitrogens with zero attached hydrogens (tertiary/aromatic N) is 4. The topological polar surface area (TPSA) is 60.2 Å². The van der Waals surface area contributed by atoms with Gasteiger partial charge in [-0.2, -0.15) is 0 Å². The second kappa shape index (κ2) is 7.68. The summed E-state index contributed by atoms with van der Waals surface area (Å²) in [6.45, 7) is 8.67. The van der Waals surface area contributed by atoms with E-state index >= 15 is 0 Å². The number of piperidine rings is 1. The molecule has 0 radical (unpaired) electrons. The quantitative estimate of drug-likeness (QED) is 0.838. The molecular weight excluding hydrogens is 316 g/mol. The van der Waals surface area contributed by atoms with Gasteiger partial charge >= 0.3 is 0 Å². The SMILES string of the molecule is Cc1cccc(OCc2cn(CC(=O)N3CC(C)CC(C)C3)nn2)c1. The van der Waals surface area contributed by atoms with Gasteiger partial charge in [-0.15, -0.1) is 5.10 Å². The smallest absolute Gasteiger partial charge is 0.244 e. The van der Waals surface area contributed by atoms with E-state index in [1.807, 2.05) is 36.1 Å². The van der Waals surface area contributed by atoms with Crippen molar-refractivity contribution in [1.29, 1.82) is 0 Å². The van der Waals surface area contributed by atoms with E-state index in [-0.39, 0.29) is 12.5 Å². The van der Waals surface area contributed by atoms with E-state index in [4.69, 9.17) is 4.74 Å². The van der Waals surface area contributed by atoms with Crippen LogP contribution in [-0.2, 0) is 17.9 Å². The molecule has 0 bridgehead atoms. The largest absolute Gasteiger partial charge is 0.487 e. The molecule has 3 rings (SSSR count). The summed E-state index contributed by atoms with van der Waals surface area (Å²) in [4.78, 5) is 14.4. The molecule has 134 valence electrons. The molecule has 1 aliphatic rings. The Morgan fingerprint density at radius 2 is 2.04 bits per heavy atom. The first-order valence-corrected chi connectivity index (χ1v) is 8.86. The van der Waals surface area contributed by atoms with Crippen molar-refractivity contribution in [2.75, 3.05) is 13.1 Å². The second-order valence-electron chi connectivity index (χ2n) is 7.26. The maximum absolute atomic E-state index is 12.5. The molecule has 0 aliphatic carbocycles. The molecule has 1 amide bonds. The molecular formula is C19H26N4O2. The van der Waals surface area contributed by atoms with Gasteiger partial charge in [0.1, 0.15) is 24.6 Å². The van der Waals surface area contributed by atoms with Crippen LogP contribution in [0.25, 0.3) is 0 Å². The lowest BCUT2D eigenvalue weighted by atomic mass is 9.92. The summed E-state index contributed by atoms with van der Waals surface area (Å²) >= 11 is 0. The minimum Gasteiger partial charge on any atom is -0.487 e. The van der Waals surface area contributed by atoms with E-state index in [0.29, 0.717) is 18.4 Å². The maximum Gasteiger partial charge on any atom is 0.244 e. The standard InChI is InChI=1S/C19H26N4O2/c1-14-5-4-6-18(8-14)25-13-17-11-23(21-20-17)12-19(24)22-9-15(2)7-16(3)10-22/h4-6,8,11,15-16H,7,9-10,12-13H2,1-3H3. The fourth-order valence-electron chi connectivity index (χ4n) is 3.45. The van der Waals surface area contributed by atoms with Crippen LogP contribution in [0.5, 0.6) is 5.75 Å². The number of ether oxygens (including phenoxy) is 1. The minimum absolute atomic E-state index is 0.106. The van der Waals surface area contributed by atoms with Crippen LogP contribution in [0.3, 0.4) is 0 Å². The molecule has 2 heterocycles. The highest BCUT2D eigenvalue weighted by molar-refractivity contribution is 5.76. The normalized spacial score (nSPS) is 20.5. The molecule has 1 fully saturated rings. The van der Waals surface area contributed by atoms with Gasteiger partial charge in [-0.25, -0.2) is 4.68 Å². The van der Waals surface area contributed by atoms with Crippen molar-refractivity contribution in [2.24, 2.45) is 11.8 Å². The molecule has 2 atom stereocenters. The Labute approximate surface area is 148 Å². The van der Waals surface area contributed by atoms with Gasteiger partial charge in [0.25, 0.3) is 0 Å². The molecule has 1 saturated heterocycles. The lowest BCUT2D eigenvalue weighted by Gasteiger charge is -2.34. The van der Waals surface area contributed by atoms with Crippen molar-refractivity contribution in [1.82, 2.24) is 19.9 Å². The lowest BCUT2D eigenvalue weighted by molar-refractivity contribution is -0.134. The summed E-state index contributed by atoms with van der Waals surface area (Å²) in [5.74, 6) is 2.03. The number of carbonyl (C=O) groups excluding carboxylic acids is 1. The summed E-state index contributed by atoms with van der Waals surface area (Å²) in [5.41, 5.74) is 1.87. The van der Waals surface area contributed by atoms with Crippen molar-refractivity contribution >= 4 is 5.91 Å². The van der Waals surface area contributed by atoms with Gasteiger partial charge < -0.3 is 9.64 Å². The number of hydrogen-bond donors (Lipinski definition) is 0. The number of rotatable bonds is 5. The average Bonchev–Trinajstić information content (AvgIpc) is 2.99. The fourth-order valence-corrected chi connectivity index (χ4v) is 3.45. The zero-order valence-electron chi connectivity index (χ0n) is 15.2. The van der Waals surface area contributed by atoms with E-state index in [1.165, 1.54) is 6.42 Å². The molecule has 1 aromatic carbocycles. The van der Waals surface area contributed by atoms with Crippen molar-refractivity contribution < 1.29 is 9.53 Å². The molecule has 0 saturated carbocycles. The second-order valence-corrected chi connectivity index (χ2v) is 7.26. The highest BCUT2D eigenvalue weighted by Crippen LogP contribution is 2.21. The summed E-state index contributed by atoms with van der Waals surface area (Å²) in [5, 5.41) is 8.16. The number of aromatic nitrogens is 3. The van der Waals surface area contributed by atoms with Crippen molar-refractivity contribution in [3.8, 4) is 5.75 Å². The third-order valence-corrected chi connectivity index (χ3v) is 4.48. The van der Waals surface area contributed by atoms with Crippen molar-refractivity contribution in [2.45, 2.75) is 40.3 Å². The zero-order valence-corrected chi connectivity index (χ0v) is 15.2. The van der Waals surface area contributed by atoms with Crippen LogP contribution in [0.1, 0.15) is 31.5 Å².